The van der Waals surface area contributed by atoms with Crippen LogP contribution in [0.1, 0.15) is 5.56 Å². The number of hydrogen-bond donors (Lipinski definition) is 2. The van der Waals surface area contributed by atoms with Gasteiger partial charge in [-0.15, -0.1) is 11.3 Å². The quantitative estimate of drug-likeness (QED) is 0.604. The minimum absolute atomic E-state index is 0.118. The molecule has 0 aliphatic rings. The van der Waals surface area contributed by atoms with Gasteiger partial charge in [-0.05, 0) is 22.4 Å². The van der Waals surface area contributed by atoms with E-state index in [1.807, 2.05) is 29.6 Å². The Bertz CT molecular complexity index is 495. The summed E-state index contributed by atoms with van der Waals surface area (Å²) in [6.45, 7) is 0.118. The lowest BCUT2D eigenvalue weighted by Gasteiger charge is -2.12. The zero-order chi connectivity index (χ0) is 10.8. The first kappa shape index (κ1) is 9.95. The van der Waals surface area contributed by atoms with E-state index in [0.717, 1.165) is 15.6 Å². The number of thiophene rings is 1. The molecule has 0 unspecified atom stereocenters. The van der Waals surface area contributed by atoms with E-state index in [-0.39, 0.29) is 6.54 Å². The summed E-state index contributed by atoms with van der Waals surface area (Å²) < 4.78 is 1.07. The number of nitrogens with two attached hydrogens (primary N) is 1. The summed E-state index contributed by atoms with van der Waals surface area (Å²) in [6.07, 6.45) is 0. The molecule has 15 heavy (non-hydrogen) atoms. The van der Waals surface area contributed by atoms with Gasteiger partial charge >= 0.3 is 6.03 Å². The lowest BCUT2D eigenvalue weighted by atomic mass is 10.1. The third-order valence-electron chi connectivity index (χ3n) is 2.14. The van der Waals surface area contributed by atoms with Crippen molar-refractivity contribution >= 4 is 27.5 Å². The van der Waals surface area contributed by atoms with E-state index < -0.39 is 6.03 Å². The first-order chi connectivity index (χ1) is 7.18. The fourth-order valence-corrected chi connectivity index (χ4v) is 2.33. The van der Waals surface area contributed by atoms with Gasteiger partial charge in [0.05, 0.1) is 6.54 Å². The van der Waals surface area contributed by atoms with Crippen LogP contribution >= 0.6 is 11.3 Å². The van der Waals surface area contributed by atoms with Crippen molar-refractivity contribution in [2.75, 3.05) is 0 Å². The highest BCUT2D eigenvalue weighted by Gasteiger charge is 2.09. The Hall–Kier alpha value is -1.59. The van der Waals surface area contributed by atoms with Crippen molar-refractivity contribution in [1.82, 2.24) is 5.06 Å². The molecule has 78 valence electrons. The molecular weight excluding hydrogens is 212 g/mol. The van der Waals surface area contributed by atoms with Crippen molar-refractivity contribution in [2.45, 2.75) is 6.54 Å². The number of hydrogen-bond acceptors (Lipinski definition) is 3. The first-order valence-electron chi connectivity index (χ1n) is 4.39. The summed E-state index contributed by atoms with van der Waals surface area (Å²) in [4.78, 5) is 10.7. The number of rotatable bonds is 2. The largest absolute Gasteiger partial charge is 0.350 e. The van der Waals surface area contributed by atoms with Gasteiger partial charge in [-0.2, -0.15) is 0 Å². The Kier molecular flexibility index (Phi) is 2.57. The number of amides is 2. The van der Waals surface area contributed by atoms with E-state index in [2.05, 4.69) is 0 Å². The van der Waals surface area contributed by atoms with Crippen LogP contribution < -0.4 is 5.73 Å². The molecule has 5 heteroatoms. The predicted molar refractivity (Wildman–Crippen MR) is 58.7 cm³/mol. The fraction of sp³-hybridized carbons (Fsp3) is 0.100. The fourth-order valence-electron chi connectivity index (χ4n) is 1.42. The van der Waals surface area contributed by atoms with Crippen LogP contribution in [0.5, 0.6) is 0 Å². The Labute approximate surface area is 90.5 Å². The van der Waals surface area contributed by atoms with Crippen LogP contribution in [0.2, 0.25) is 0 Å². The minimum Gasteiger partial charge on any atom is -0.350 e. The van der Waals surface area contributed by atoms with Gasteiger partial charge in [-0.3, -0.25) is 5.21 Å². The molecule has 0 bridgehead atoms. The van der Waals surface area contributed by atoms with Crippen LogP contribution in [0.15, 0.2) is 29.6 Å². The van der Waals surface area contributed by atoms with Crippen LogP contribution in [-0.2, 0) is 6.54 Å². The molecule has 1 aromatic carbocycles. The molecule has 2 amide bonds. The number of fused-ring (bicyclic) bond motifs is 1. The molecule has 0 spiro atoms. The number of hydroxylamine groups is 2. The maximum atomic E-state index is 10.7. The van der Waals surface area contributed by atoms with Crippen molar-refractivity contribution in [3.05, 3.63) is 35.2 Å². The number of nitrogens with zero attached hydrogens (tertiary/aromatic N) is 1. The molecular formula is C10H10N2O2S. The van der Waals surface area contributed by atoms with Crippen LogP contribution in [0, 0.1) is 0 Å². The monoisotopic (exact) mass is 222 g/mol. The Morgan fingerprint density at radius 3 is 3.00 bits per heavy atom. The molecule has 0 fully saturated rings. The van der Waals surface area contributed by atoms with Crippen LogP contribution in [0.25, 0.3) is 10.1 Å². The summed E-state index contributed by atoms with van der Waals surface area (Å²) in [5, 5.41) is 12.8. The molecule has 1 aromatic heterocycles. The zero-order valence-corrected chi connectivity index (χ0v) is 8.70. The van der Waals surface area contributed by atoms with Gasteiger partial charge in [0.2, 0.25) is 0 Å². The van der Waals surface area contributed by atoms with Crippen molar-refractivity contribution < 1.29 is 10.0 Å². The summed E-state index contributed by atoms with van der Waals surface area (Å²) in [6, 6.07) is 6.89. The van der Waals surface area contributed by atoms with E-state index in [9.17, 15) is 10.0 Å². The standard InChI is InChI=1S/C10H10N2O2S/c11-10(13)12(14)6-8-3-1-2-7-4-5-15-9(7)8/h1-5,14H,6H2,(H2,11,13). The predicted octanol–water partition coefficient (Wildman–Crippen LogP) is 2.17. The van der Waals surface area contributed by atoms with E-state index in [4.69, 9.17) is 5.73 Å². The normalized spacial score (nSPS) is 10.5. The summed E-state index contributed by atoms with van der Waals surface area (Å²) >= 11 is 1.58. The summed E-state index contributed by atoms with van der Waals surface area (Å²) in [7, 11) is 0. The lowest BCUT2D eigenvalue weighted by Crippen LogP contribution is -2.31. The second kappa shape index (κ2) is 3.88. The highest BCUT2D eigenvalue weighted by Crippen LogP contribution is 2.25. The Morgan fingerprint density at radius 2 is 2.27 bits per heavy atom. The summed E-state index contributed by atoms with van der Waals surface area (Å²) in [5.41, 5.74) is 5.84. The molecule has 1 heterocycles. The number of benzene rings is 1. The van der Waals surface area contributed by atoms with Crippen LogP contribution in [0.4, 0.5) is 4.79 Å². The van der Waals surface area contributed by atoms with Gasteiger partial charge in [0.1, 0.15) is 0 Å². The second-order valence-electron chi connectivity index (χ2n) is 3.15. The maximum absolute atomic E-state index is 10.7. The van der Waals surface area contributed by atoms with Crippen molar-refractivity contribution in [3.63, 3.8) is 0 Å². The minimum atomic E-state index is -0.844. The SMILES string of the molecule is NC(=O)N(O)Cc1cccc2ccsc12. The molecule has 0 saturated carbocycles. The van der Waals surface area contributed by atoms with E-state index >= 15 is 0 Å². The van der Waals surface area contributed by atoms with Gasteiger partial charge in [0.25, 0.3) is 0 Å². The summed E-state index contributed by atoms with van der Waals surface area (Å²) in [5.74, 6) is 0. The Morgan fingerprint density at radius 1 is 1.47 bits per heavy atom. The third-order valence-corrected chi connectivity index (χ3v) is 3.14. The zero-order valence-electron chi connectivity index (χ0n) is 7.88. The van der Waals surface area contributed by atoms with Gasteiger partial charge in [-0.1, -0.05) is 18.2 Å². The Balaban J connectivity index is 2.35. The van der Waals surface area contributed by atoms with Crippen molar-refractivity contribution in [2.24, 2.45) is 5.73 Å². The molecule has 0 atom stereocenters. The number of primary amides is 1. The number of carbonyl (C=O) groups excluding carboxylic acids is 1. The molecule has 4 nitrogen and oxygen atoms in total. The molecule has 2 rings (SSSR count). The average Bonchev–Trinajstić information content (AvgIpc) is 2.66. The molecule has 0 saturated heterocycles. The van der Waals surface area contributed by atoms with Crippen molar-refractivity contribution in [1.29, 1.82) is 0 Å². The van der Waals surface area contributed by atoms with Gasteiger partial charge in [-0.25, -0.2) is 9.86 Å². The van der Waals surface area contributed by atoms with Gasteiger partial charge in [0, 0.05) is 4.70 Å². The van der Waals surface area contributed by atoms with E-state index in [1.54, 1.807) is 11.3 Å². The van der Waals surface area contributed by atoms with Gasteiger partial charge < -0.3 is 5.73 Å². The highest BCUT2D eigenvalue weighted by molar-refractivity contribution is 7.17. The average molecular weight is 222 g/mol. The maximum Gasteiger partial charge on any atom is 0.338 e. The van der Waals surface area contributed by atoms with E-state index in [0.29, 0.717) is 5.06 Å². The van der Waals surface area contributed by atoms with Crippen LogP contribution in [0.3, 0.4) is 0 Å². The van der Waals surface area contributed by atoms with Gasteiger partial charge in [0.15, 0.2) is 0 Å². The highest BCUT2D eigenvalue weighted by atomic mass is 32.1. The molecule has 0 aliphatic heterocycles. The number of urea groups is 1. The smallest absolute Gasteiger partial charge is 0.338 e. The second-order valence-corrected chi connectivity index (χ2v) is 4.07. The molecule has 0 aliphatic carbocycles. The topological polar surface area (TPSA) is 66.6 Å². The van der Waals surface area contributed by atoms with Crippen molar-refractivity contribution in [3.8, 4) is 0 Å². The number of carbonyl (C=O) groups is 1. The first-order valence-corrected chi connectivity index (χ1v) is 5.27. The molecule has 2 aromatic rings. The molecule has 0 radical (unpaired) electrons. The van der Waals surface area contributed by atoms with E-state index in [1.165, 1.54) is 0 Å². The molecule has 3 N–H and O–H groups in total. The third kappa shape index (κ3) is 1.93. The lowest BCUT2D eigenvalue weighted by molar-refractivity contribution is -0.0467. The van der Waals surface area contributed by atoms with Crippen LogP contribution in [-0.4, -0.2) is 16.3 Å².